The normalized spacial score (nSPS) is 17.5. The summed E-state index contributed by atoms with van der Waals surface area (Å²) in [6, 6.07) is 14.8. The molecule has 3 aromatic rings. The number of nitrogens with one attached hydrogen (secondary N) is 2. The number of amides is 2. The molecule has 1 aliphatic rings. The fourth-order valence-electron chi connectivity index (χ4n) is 3.84. The Morgan fingerprint density at radius 2 is 1.93 bits per heavy atom. The van der Waals surface area contributed by atoms with Gasteiger partial charge in [0.15, 0.2) is 0 Å². The summed E-state index contributed by atoms with van der Waals surface area (Å²) in [6.07, 6.45) is 0.197. The molecule has 7 heteroatoms. The zero-order chi connectivity index (χ0) is 21.3. The molecule has 0 radical (unpaired) electrons. The highest BCUT2D eigenvalue weighted by Crippen LogP contribution is 2.28. The number of anilines is 1. The zero-order valence-corrected chi connectivity index (χ0v) is 17.4. The van der Waals surface area contributed by atoms with Gasteiger partial charge in [-0.3, -0.25) is 9.59 Å². The predicted molar refractivity (Wildman–Crippen MR) is 115 cm³/mol. The molecule has 0 aliphatic carbocycles. The maximum atomic E-state index is 13.0. The van der Waals surface area contributed by atoms with E-state index in [1.807, 2.05) is 62.4 Å². The largest absolute Gasteiger partial charge is 0.497 e. The van der Waals surface area contributed by atoms with Gasteiger partial charge in [-0.1, -0.05) is 26.0 Å². The Kier molecular flexibility index (Phi) is 5.44. The summed E-state index contributed by atoms with van der Waals surface area (Å²) in [5.41, 5.74) is 2.58. The molecule has 1 aliphatic heterocycles. The minimum atomic E-state index is -0.398. The zero-order valence-electron chi connectivity index (χ0n) is 17.4. The molecule has 2 N–H and O–H groups in total. The van der Waals surface area contributed by atoms with Gasteiger partial charge < -0.3 is 19.9 Å². The minimum Gasteiger partial charge on any atom is -0.497 e. The Labute approximate surface area is 175 Å². The number of carbonyl (C=O) groups excluding carboxylic acids is 2. The quantitative estimate of drug-likeness (QED) is 0.656. The lowest BCUT2D eigenvalue weighted by Gasteiger charge is -2.22. The van der Waals surface area contributed by atoms with Crippen molar-refractivity contribution in [3.05, 3.63) is 54.4 Å². The number of hydrogen-bond acceptors (Lipinski definition) is 4. The van der Waals surface area contributed by atoms with Crippen molar-refractivity contribution < 1.29 is 14.3 Å². The molecule has 30 heavy (non-hydrogen) atoms. The van der Waals surface area contributed by atoms with Gasteiger partial charge in [0.1, 0.15) is 11.6 Å². The molecule has 2 aromatic carbocycles. The number of para-hydroxylation sites is 2. The summed E-state index contributed by atoms with van der Waals surface area (Å²) in [5, 5.41) is 3.11. The molecule has 0 unspecified atom stereocenters. The fourth-order valence-corrected chi connectivity index (χ4v) is 3.84. The van der Waals surface area contributed by atoms with Crippen LogP contribution in [0.25, 0.3) is 11.0 Å². The summed E-state index contributed by atoms with van der Waals surface area (Å²) >= 11 is 0. The van der Waals surface area contributed by atoms with Crippen molar-refractivity contribution in [2.75, 3.05) is 18.6 Å². The number of fused-ring (bicyclic) bond motifs is 1. The number of ether oxygens (including phenoxy) is 1. The summed E-state index contributed by atoms with van der Waals surface area (Å²) in [7, 11) is 1.60. The van der Waals surface area contributed by atoms with Crippen LogP contribution in [0.4, 0.5) is 5.69 Å². The Hall–Kier alpha value is -3.35. The number of imidazole rings is 1. The van der Waals surface area contributed by atoms with Crippen LogP contribution in [0.1, 0.15) is 32.1 Å². The molecule has 4 rings (SSSR count). The van der Waals surface area contributed by atoms with Crippen LogP contribution < -0.4 is 15.0 Å². The van der Waals surface area contributed by atoms with Crippen molar-refractivity contribution in [1.29, 1.82) is 0 Å². The van der Waals surface area contributed by atoms with Crippen LogP contribution >= 0.6 is 0 Å². The number of benzene rings is 2. The number of carbonyl (C=O) groups is 2. The van der Waals surface area contributed by atoms with E-state index in [1.165, 1.54) is 0 Å². The number of hydrogen-bond donors (Lipinski definition) is 2. The lowest BCUT2D eigenvalue weighted by atomic mass is 10.0. The average Bonchev–Trinajstić information content (AvgIpc) is 3.35. The molecule has 1 fully saturated rings. The third-order valence-corrected chi connectivity index (χ3v) is 5.55. The summed E-state index contributed by atoms with van der Waals surface area (Å²) in [4.78, 5) is 35.2. The van der Waals surface area contributed by atoms with E-state index in [2.05, 4.69) is 15.3 Å². The molecule has 7 nitrogen and oxygen atoms in total. The van der Waals surface area contributed by atoms with Crippen LogP contribution in [-0.2, 0) is 9.59 Å². The first kappa shape index (κ1) is 19.9. The lowest BCUT2D eigenvalue weighted by molar-refractivity contribution is -0.127. The Morgan fingerprint density at radius 3 is 2.60 bits per heavy atom. The van der Waals surface area contributed by atoms with Crippen molar-refractivity contribution in [1.82, 2.24) is 15.3 Å². The van der Waals surface area contributed by atoms with Crippen LogP contribution in [0.5, 0.6) is 5.75 Å². The van der Waals surface area contributed by atoms with Gasteiger partial charge in [-0.15, -0.1) is 0 Å². The number of methoxy groups -OCH3 is 1. The van der Waals surface area contributed by atoms with Gasteiger partial charge in [0.25, 0.3) is 0 Å². The first-order chi connectivity index (χ1) is 14.5. The molecular weight excluding hydrogens is 380 g/mol. The first-order valence-corrected chi connectivity index (χ1v) is 10.2. The van der Waals surface area contributed by atoms with Crippen molar-refractivity contribution in [2.45, 2.75) is 26.3 Å². The number of H-pyrrole nitrogens is 1. The number of aromatic nitrogens is 2. The second-order valence-electron chi connectivity index (χ2n) is 7.97. The topological polar surface area (TPSA) is 87.3 Å². The van der Waals surface area contributed by atoms with Gasteiger partial charge in [-0.25, -0.2) is 4.98 Å². The molecule has 0 bridgehead atoms. The third kappa shape index (κ3) is 3.87. The molecule has 2 amide bonds. The predicted octanol–water partition coefficient (Wildman–Crippen LogP) is 3.44. The molecule has 2 atom stereocenters. The minimum absolute atomic E-state index is 0.0508. The van der Waals surface area contributed by atoms with Gasteiger partial charge in [0.2, 0.25) is 11.8 Å². The van der Waals surface area contributed by atoms with E-state index in [4.69, 9.17) is 4.74 Å². The highest BCUT2D eigenvalue weighted by atomic mass is 16.5. The SMILES string of the molecule is COc1ccc(N2C[C@@H](C(=O)N[C@@H](c3nc4ccccc4[nH]3)C(C)C)CC2=O)cc1. The van der Waals surface area contributed by atoms with Gasteiger partial charge in [0.05, 0.1) is 30.1 Å². The molecule has 0 saturated carbocycles. The van der Waals surface area contributed by atoms with Gasteiger partial charge in [-0.05, 0) is 42.3 Å². The molecule has 1 aromatic heterocycles. The van der Waals surface area contributed by atoms with E-state index in [0.29, 0.717) is 6.54 Å². The van der Waals surface area contributed by atoms with Crippen LogP contribution in [0.15, 0.2) is 48.5 Å². The summed E-state index contributed by atoms with van der Waals surface area (Å²) in [6.45, 7) is 4.45. The summed E-state index contributed by atoms with van der Waals surface area (Å²) < 4.78 is 5.17. The second-order valence-corrected chi connectivity index (χ2v) is 7.97. The van der Waals surface area contributed by atoms with Crippen molar-refractivity contribution >= 4 is 28.5 Å². The number of nitrogens with zero attached hydrogens (tertiary/aromatic N) is 2. The number of aromatic amines is 1. The second kappa shape index (κ2) is 8.18. The van der Waals surface area contributed by atoms with Crippen LogP contribution in [0, 0.1) is 11.8 Å². The third-order valence-electron chi connectivity index (χ3n) is 5.55. The lowest BCUT2D eigenvalue weighted by Crippen LogP contribution is -2.38. The smallest absolute Gasteiger partial charge is 0.227 e. The van der Waals surface area contributed by atoms with E-state index >= 15 is 0 Å². The van der Waals surface area contributed by atoms with Crippen molar-refractivity contribution in [2.24, 2.45) is 11.8 Å². The fraction of sp³-hybridized carbons (Fsp3) is 0.348. The van der Waals surface area contributed by atoms with Crippen LogP contribution in [-0.4, -0.2) is 35.4 Å². The van der Waals surface area contributed by atoms with Gasteiger partial charge in [0, 0.05) is 18.7 Å². The molecule has 156 valence electrons. The van der Waals surface area contributed by atoms with Crippen molar-refractivity contribution in [3.63, 3.8) is 0 Å². The molecule has 0 spiro atoms. The Balaban J connectivity index is 1.48. The van der Waals surface area contributed by atoms with Crippen LogP contribution in [0.3, 0.4) is 0 Å². The Bertz CT molecular complexity index is 1020. The van der Waals surface area contributed by atoms with Crippen molar-refractivity contribution in [3.8, 4) is 5.75 Å². The standard InChI is InChI=1S/C23H26N4O3/c1-14(2)21(22-24-18-6-4-5-7-19(18)25-22)26-23(29)15-12-20(28)27(13-15)16-8-10-17(30-3)11-9-16/h4-11,14-15,21H,12-13H2,1-3H3,(H,24,25)(H,26,29)/t15-,21+/m0/s1. The van der Waals surface area contributed by atoms with E-state index in [1.54, 1.807) is 12.0 Å². The van der Waals surface area contributed by atoms with Crippen LogP contribution in [0.2, 0.25) is 0 Å². The first-order valence-electron chi connectivity index (χ1n) is 10.2. The molecule has 2 heterocycles. The molecule has 1 saturated heterocycles. The monoisotopic (exact) mass is 406 g/mol. The highest BCUT2D eigenvalue weighted by molar-refractivity contribution is 6.00. The molecular formula is C23H26N4O3. The van der Waals surface area contributed by atoms with Gasteiger partial charge >= 0.3 is 0 Å². The van der Waals surface area contributed by atoms with Gasteiger partial charge in [-0.2, -0.15) is 0 Å². The maximum Gasteiger partial charge on any atom is 0.227 e. The highest BCUT2D eigenvalue weighted by Gasteiger charge is 2.36. The number of rotatable bonds is 6. The summed E-state index contributed by atoms with van der Waals surface area (Å²) in [5.74, 6) is 1.03. The van der Waals surface area contributed by atoms with E-state index in [0.717, 1.165) is 28.3 Å². The Morgan fingerprint density at radius 1 is 1.20 bits per heavy atom. The maximum absolute atomic E-state index is 13.0. The van der Waals surface area contributed by atoms with E-state index in [-0.39, 0.29) is 30.2 Å². The average molecular weight is 406 g/mol. The van der Waals surface area contributed by atoms with E-state index in [9.17, 15) is 9.59 Å². The van der Waals surface area contributed by atoms with E-state index < -0.39 is 5.92 Å².